The van der Waals surface area contributed by atoms with Crippen LogP contribution < -0.4 is 10.6 Å². The van der Waals surface area contributed by atoms with Crippen LogP contribution in [0.1, 0.15) is 72.6 Å². The van der Waals surface area contributed by atoms with Gasteiger partial charge in [-0.15, -0.1) is 0 Å². The van der Waals surface area contributed by atoms with Crippen molar-refractivity contribution in [1.82, 2.24) is 20.1 Å². The molecule has 2 heterocycles. The van der Waals surface area contributed by atoms with Crippen LogP contribution in [0.3, 0.4) is 0 Å². The van der Waals surface area contributed by atoms with E-state index >= 15 is 0 Å². The van der Waals surface area contributed by atoms with Crippen LogP contribution in [0.5, 0.6) is 0 Å². The summed E-state index contributed by atoms with van der Waals surface area (Å²) >= 11 is 6.34. The first kappa shape index (κ1) is 25.6. The summed E-state index contributed by atoms with van der Waals surface area (Å²) in [4.78, 5) is 30.5. The summed E-state index contributed by atoms with van der Waals surface area (Å²) in [5.41, 5.74) is 3.24. The number of aromatic nitrogens is 3. The van der Waals surface area contributed by atoms with Crippen molar-refractivity contribution in [2.75, 3.05) is 25.6 Å². The zero-order valence-electron chi connectivity index (χ0n) is 20.7. The highest BCUT2D eigenvalue weighted by Gasteiger charge is 2.25. The van der Waals surface area contributed by atoms with Gasteiger partial charge < -0.3 is 15.4 Å². The molecule has 8 nitrogen and oxygen atoms in total. The average Bonchev–Trinajstić information content (AvgIpc) is 3.10. The number of ether oxygens (including phenoxy) is 1. The molecule has 0 bridgehead atoms. The van der Waals surface area contributed by atoms with E-state index in [2.05, 4.69) is 36.5 Å². The summed E-state index contributed by atoms with van der Waals surface area (Å²) in [7, 11) is 1.56. The fraction of sp³-hybridized carbons (Fsp3) is 0.440. The minimum Gasteiger partial charge on any atom is -0.383 e. The predicted molar refractivity (Wildman–Crippen MR) is 135 cm³/mol. The zero-order valence-corrected chi connectivity index (χ0v) is 21.5. The Balaban J connectivity index is 1.96. The molecule has 0 atom stereocenters. The van der Waals surface area contributed by atoms with Crippen LogP contribution in [0.15, 0.2) is 24.3 Å². The SMILES string of the molecule is COCCNC(=O)c1ccc(NC(=O)c2cc(C(C)C)nc3c2c(C)nn3C(C)(C)C)cc1Cl. The van der Waals surface area contributed by atoms with Gasteiger partial charge in [0.15, 0.2) is 5.65 Å². The summed E-state index contributed by atoms with van der Waals surface area (Å²) < 4.78 is 6.81. The Labute approximate surface area is 205 Å². The lowest BCUT2D eigenvalue weighted by atomic mass is 10.0. The molecule has 2 N–H and O–H groups in total. The molecular weight excluding hydrogens is 454 g/mol. The zero-order chi connectivity index (χ0) is 25.2. The summed E-state index contributed by atoms with van der Waals surface area (Å²) in [6.07, 6.45) is 0. The maximum atomic E-state index is 13.4. The number of amides is 2. The van der Waals surface area contributed by atoms with E-state index in [4.69, 9.17) is 21.3 Å². The van der Waals surface area contributed by atoms with Crippen LogP contribution in [0.25, 0.3) is 11.0 Å². The molecule has 3 aromatic rings. The van der Waals surface area contributed by atoms with Crippen molar-refractivity contribution in [2.24, 2.45) is 0 Å². The fourth-order valence-corrected chi connectivity index (χ4v) is 3.85. The highest BCUT2D eigenvalue weighted by atomic mass is 35.5. The van der Waals surface area contributed by atoms with Gasteiger partial charge in [-0.05, 0) is 57.9 Å². The van der Waals surface area contributed by atoms with Crippen molar-refractivity contribution in [2.45, 2.75) is 53.0 Å². The Morgan fingerprint density at radius 3 is 2.44 bits per heavy atom. The number of nitrogens with one attached hydrogen (secondary N) is 2. The smallest absolute Gasteiger partial charge is 0.256 e. The first-order valence-electron chi connectivity index (χ1n) is 11.2. The molecule has 0 saturated heterocycles. The number of carbonyl (C=O) groups is 2. The number of aryl methyl sites for hydroxylation is 1. The van der Waals surface area contributed by atoms with Gasteiger partial charge in [0.1, 0.15) is 0 Å². The number of hydrogen-bond donors (Lipinski definition) is 2. The maximum absolute atomic E-state index is 13.4. The second-order valence-electron chi connectivity index (χ2n) is 9.51. The van der Waals surface area contributed by atoms with Crippen molar-refractivity contribution in [3.8, 4) is 0 Å². The molecule has 0 fully saturated rings. The van der Waals surface area contributed by atoms with Crippen molar-refractivity contribution < 1.29 is 14.3 Å². The number of carbonyl (C=O) groups excluding carboxylic acids is 2. The van der Waals surface area contributed by atoms with Crippen LogP contribution in [0.2, 0.25) is 5.02 Å². The number of pyridine rings is 1. The van der Waals surface area contributed by atoms with Gasteiger partial charge >= 0.3 is 0 Å². The number of hydrogen-bond acceptors (Lipinski definition) is 5. The Hall–Kier alpha value is -2.97. The highest BCUT2D eigenvalue weighted by Crippen LogP contribution is 2.30. The predicted octanol–water partition coefficient (Wildman–Crippen LogP) is 4.90. The van der Waals surface area contributed by atoms with Gasteiger partial charge in [0.05, 0.1) is 39.4 Å². The van der Waals surface area contributed by atoms with Gasteiger partial charge in [-0.2, -0.15) is 5.10 Å². The first-order valence-corrected chi connectivity index (χ1v) is 11.6. The van der Waals surface area contributed by atoms with E-state index in [-0.39, 0.29) is 28.3 Å². The third-order valence-electron chi connectivity index (χ3n) is 5.37. The maximum Gasteiger partial charge on any atom is 0.256 e. The molecule has 2 aromatic heterocycles. The van der Waals surface area contributed by atoms with Gasteiger partial charge in [-0.1, -0.05) is 25.4 Å². The molecule has 1 aromatic carbocycles. The lowest BCUT2D eigenvalue weighted by molar-refractivity contribution is 0.0936. The fourth-order valence-electron chi connectivity index (χ4n) is 3.59. The van der Waals surface area contributed by atoms with Gasteiger partial charge in [0, 0.05) is 25.0 Å². The van der Waals surface area contributed by atoms with Crippen molar-refractivity contribution >= 4 is 40.1 Å². The number of nitrogens with zero attached hydrogens (tertiary/aromatic N) is 3. The quantitative estimate of drug-likeness (QED) is 0.464. The molecule has 9 heteroatoms. The van der Waals surface area contributed by atoms with E-state index in [1.807, 2.05) is 31.5 Å². The average molecular weight is 486 g/mol. The topological polar surface area (TPSA) is 98.1 Å². The van der Waals surface area contributed by atoms with Gasteiger partial charge in [0.25, 0.3) is 11.8 Å². The third-order valence-corrected chi connectivity index (χ3v) is 5.68. The molecule has 182 valence electrons. The Morgan fingerprint density at radius 1 is 1.15 bits per heavy atom. The van der Waals surface area contributed by atoms with Crippen molar-refractivity contribution in [3.63, 3.8) is 0 Å². The molecular formula is C25H32ClN5O3. The monoisotopic (exact) mass is 485 g/mol. The molecule has 0 aliphatic rings. The van der Waals surface area contributed by atoms with Crippen molar-refractivity contribution in [1.29, 1.82) is 0 Å². The molecule has 0 aliphatic carbocycles. The molecule has 2 amide bonds. The van der Waals surface area contributed by atoms with Crippen LogP contribution >= 0.6 is 11.6 Å². The van der Waals surface area contributed by atoms with E-state index in [1.165, 1.54) is 0 Å². The third kappa shape index (κ3) is 5.39. The lowest BCUT2D eigenvalue weighted by Crippen LogP contribution is -2.27. The number of rotatable bonds is 7. The number of halogens is 1. The van der Waals surface area contributed by atoms with Gasteiger partial charge in [0.2, 0.25) is 0 Å². The molecule has 0 unspecified atom stereocenters. The van der Waals surface area contributed by atoms with E-state index in [9.17, 15) is 9.59 Å². The molecule has 0 aliphatic heterocycles. The molecule has 34 heavy (non-hydrogen) atoms. The Kier molecular flexibility index (Phi) is 7.63. The number of anilines is 1. The van der Waals surface area contributed by atoms with E-state index in [0.717, 1.165) is 16.8 Å². The molecule has 3 rings (SSSR count). The summed E-state index contributed by atoms with van der Waals surface area (Å²) in [5.74, 6) is -0.466. The summed E-state index contributed by atoms with van der Waals surface area (Å²) in [6, 6.07) is 6.63. The van der Waals surface area contributed by atoms with E-state index < -0.39 is 0 Å². The minimum atomic E-state index is -0.303. The Bertz CT molecular complexity index is 1230. The van der Waals surface area contributed by atoms with Crippen LogP contribution in [0, 0.1) is 6.92 Å². The van der Waals surface area contributed by atoms with Crippen LogP contribution in [0.4, 0.5) is 5.69 Å². The van der Waals surface area contributed by atoms with E-state index in [0.29, 0.717) is 35.6 Å². The number of benzene rings is 1. The van der Waals surface area contributed by atoms with Crippen molar-refractivity contribution in [3.05, 3.63) is 51.8 Å². The molecule has 0 saturated carbocycles. The lowest BCUT2D eigenvalue weighted by Gasteiger charge is -2.20. The molecule has 0 spiro atoms. The normalized spacial score (nSPS) is 11.8. The van der Waals surface area contributed by atoms with Crippen LogP contribution in [-0.4, -0.2) is 46.8 Å². The number of fused-ring (bicyclic) bond motifs is 1. The first-order chi connectivity index (χ1) is 15.9. The van der Waals surface area contributed by atoms with E-state index in [1.54, 1.807) is 25.3 Å². The van der Waals surface area contributed by atoms with Gasteiger partial charge in [-0.25, -0.2) is 9.67 Å². The van der Waals surface area contributed by atoms with Gasteiger partial charge in [-0.3, -0.25) is 9.59 Å². The minimum absolute atomic E-state index is 0.130. The largest absolute Gasteiger partial charge is 0.383 e. The van der Waals surface area contributed by atoms with Crippen LogP contribution in [-0.2, 0) is 10.3 Å². The second kappa shape index (κ2) is 10.1. The Morgan fingerprint density at radius 2 is 1.85 bits per heavy atom. The highest BCUT2D eigenvalue weighted by molar-refractivity contribution is 6.34. The second-order valence-corrected chi connectivity index (χ2v) is 9.92. The number of methoxy groups -OCH3 is 1. The summed E-state index contributed by atoms with van der Waals surface area (Å²) in [5, 5.41) is 11.3. The summed E-state index contributed by atoms with van der Waals surface area (Å²) in [6.45, 7) is 12.9. The molecule has 0 radical (unpaired) electrons. The standard InChI is InChI=1S/C25H32ClN5O3/c1-14(2)20-13-18(21-15(3)30-31(22(21)29-20)25(4,5)6)24(33)28-16-8-9-17(19(26)12-16)23(32)27-10-11-34-7/h8-9,12-14H,10-11H2,1-7H3,(H,27,32)(H,28,33).